The van der Waals surface area contributed by atoms with Crippen molar-refractivity contribution in [3.8, 4) is 5.75 Å². The van der Waals surface area contributed by atoms with Crippen LogP contribution < -0.4 is 4.74 Å². The molecule has 1 aromatic rings. The van der Waals surface area contributed by atoms with Gasteiger partial charge in [0.2, 0.25) is 0 Å². The molecule has 0 spiro atoms. The van der Waals surface area contributed by atoms with Crippen LogP contribution in [0.5, 0.6) is 5.75 Å². The second kappa shape index (κ2) is 7.12. The zero-order valence-electron chi connectivity index (χ0n) is 10.8. The minimum atomic E-state index is -0.794. The van der Waals surface area contributed by atoms with Crippen LogP contribution >= 0.6 is 11.6 Å². The minimum Gasteiger partial charge on any atom is -0.428 e. The molecule has 0 aliphatic rings. The lowest BCUT2D eigenvalue weighted by atomic mass is 10.2. The largest absolute Gasteiger partial charge is 0.514 e. The van der Waals surface area contributed by atoms with Crippen LogP contribution in [0.4, 0.5) is 4.79 Å². The van der Waals surface area contributed by atoms with Crippen molar-refractivity contribution in [1.29, 1.82) is 0 Å². The van der Waals surface area contributed by atoms with E-state index in [4.69, 9.17) is 21.1 Å². The Balaban J connectivity index is 0.00000121. The van der Waals surface area contributed by atoms with E-state index in [9.17, 15) is 4.79 Å². The van der Waals surface area contributed by atoms with Crippen LogP contribution in [0.15, 0.2) is 18.3 Å². The Kier molecular flexibility index (Phi) is 6.58. The summed E-state index contributed by atoms with van der Waals surface area (Å²) in [4.78, 5) is 15.0. The van der Waals surface area contributed by atoms with E-state index in [0.29, 0.717) is 0 Å². The Labute approximate surface area is 107 Å². The first-order chi connectivity index (χ1) is 7.88. The number of aromatic nitrogens is 1. The van der Waals surface area contributed by atoms with Gasteiger partial charge in [-0.05, 0) is 32.9 Å². The molecular formula is C12H18ClNO3. The average Bonchev–Trinajstić information content (AvgIpc) is 2.22. The number of ether oxygens (including phenoxy) is 2. The molecule has 0 aliphatic heterocycles. The maximum atomic E-state index is 11.2. The Morgan fingerprint density at radius 1 is 1.35 bits per heavy atom. The number of hydrogen-bond acceptors (Lipinski definition) is 4. The highest BCUT2D eigenvalue weighted by Crippen LogP contribution is 2.21. The first-order valence-corrected chi connectivity index (χ1v) is 5.77. The van der Waals surface area contributed by atoms with Gasteiger partial charge in [0.05, 0.1) is 0 Å². The molecular weight excluding hydrogens is 242 g/mol. The summed E-state index contributed by atoms with van der Waals surface area (Å²) >= 11 is 5.70. The van der Waals surface area contributed by atoms with Gasteiger partial charge in [0.1, 0.15) is 5.60 Å². The Morgan fingerprint density at radius 3 is 2.41 bits per heavy atom. The third-order valence-corrected chi connectivity index (χ3v) is 1.59. The van der Waals surface area contributed by atoms with Gasteiger partial charge in [0, 0.05) is 6.20 Å². The molecule has 1 rings (SSSR count). The maximum Gasteiger partial charge on any atom is 0.514 e. The van der Waals surface area contributed by atoms with Gasteiger partial charge in [-0.1, -0.05) is 25.4 Å². The highest BCUT2D eigenvalue weighted by Gasteiger charge is 2.18. The SMILES string of the molecule is CC.CC(C)(C)OC(=O)Oc1cccnc1Cl. The first-order valence-electron chi connectivity index (χ1n) is 5.40. The topological polar surface area (TPSA) is 48.4 Å². The molecule has 96 valence electrons. The lowest BCUT2D eigenvalue weighted by Crippen LogP contribution is -2.26. The average molecular weight is 260 g/mol. The van der Waals surface area contributed by atoms with Crippen molar-refractivity contribution in [2.75, 3.05) is 0 Å². The molecule has 0 bridgehead atoms. The molecule has 0 N–H and O–H groups in total. The quantitative estimate of drug-likeness (QED) is 0.563. The third-order valence-electron chi connectivity index (χ3n) is 1.31. The van der Waals surface area contributed by atoms with Gasteiger partial charge in [-0.3, -0.25) is 0 Å². The van der Waals surface area contributed by atoms with Gasteiger partial charge in [-0.2, -0.15) is 0 Å². The fourth-order valence-corrected chi connectivity index (χ4v) is 0.966. The summed E-state index contributed by atoms with van der Waals surface area (Å²) in [6, 6.07) is 3.16. The van der Waals surface area contributed by atoms with Crippen LogP contribution in [0.1, 0.15) is 34.6 Å². The number of nitrogens with zero attached hydrogens (tertiary/aromatic N) is 1. The van der Waals surface area contributed by atoms with Crippen LogP contribution in [-0.2, 0) is 4.74 Å². The molecule has 0 radical (unpaired) electrons. The Morgan fingerprint density at radius 2 is 1.94 bits per heavy atom. The summed E-state index contributed by atoms with van der Waals surface area (Å²) in [5, 5.41) is 0.128. The fourth-order valence-electron chi connectivity index (χ4n) is 0.808. The molecule has 4 nitrogen and oxygen atoms in total. The van der Waals surface area contributed by atoms with Gasteiger partial charge >= 0.3 is 6.16 Å². The highest BCUT2D eigenvalue weighted by atomic mass is 35.5. The zero-order chi connectivity index (χ0) is 13.5. The van der Waals surface area contributed by atoms with Crippen LogP contribution in [0.25, 0.3) is 0 Å². The molecule has 0 saturated carbocycles. The number of carbonyl (C=O) groups excluding carboxylic acids is 1. The van der Waals surface area contributed by atoms with Crippen molar-refractivity contribution < 1.29 is 14.3 Å². The smallest absolute Gasteiger partial charge is 0.428 e. The van der Waals surface area contributed by atoms with Crippen molar-refractivity contribution in [3.63, 3.8) is 0 Å². The highest BCUT2D eigenvalue weighted by molar-refractivity contribution is 6.30. The van der Waals surface area contributed by atoms with Crippen molar-refractivity contribution >= 4 is 17.8 Å². The molecule has 0 unspecified atom stereocenters. The molecule has 1 heterocycles. The van der Waals surface area contributed by atoms with Gasteiger partial charge < -0.3 is 9.47 Å². The van der Waals surface area contributed by atoms with Gasteiger partial charge in [0.25, 0.3) is 0 Å². The predicted octanol–water partition coefficient (Wildman–Crippen LogP) is 4.08. The van der Waals surface area contributed by atoms with E-state index in [1.807, 2.05) is 13.8 Å². The van der Waals surface area contributed by atoms with Crippen molar-refractivity contribution in [2.24, 2.45) is 0 Å². The number of pyridine rings is 1. The second-order valence-corrected chi connectivity index (χ2v) is 4.22. The predicted molar refractivity (Wildman–Crippen MR) is 67.5 cm³/mol. The summed E-state index contributed by atoms with van der Waals surface area (Å²) < 4.78 is 9.81. The molecule has 0 saturated heterocycles. The van der Waals surface area contributed by atoms with Gasteiger partial charge in [-0.15, -0.1) is 0 Å². The number of carbonyl (C=O) groups is 1. The lowest BCUT2D eigenvalue weighted by Gasteiger charge is -2.18. The van der Waals surface area contributed by atoms with Crippen LogP contribution in [0.2, 0.25) is 5.15 Å². The summed E-state index contributed by atoms with van der Waals surface area (Å²) in [7, 11) is 0. The fraction of sp³-hybridized carbons (Fsp3) is 0.500. The molecule has 5 heteroatoms. The number of hydrogen-bond donors (Lipinski definition) is 0. The molecule has 0 atom stereocenters. The van der Waals surface area contributed by atoms with E-state index in [0.717, 1.165) is 0 Å². The minimum absolute atomic E-state index is 0.128. The van der Waals surface area contributed by atoms with Crippen LogP contribution in [0, 0.1) is 0 Å². The Bertz CT molecular complexity index is 361. The molecule has 1 aromatic heterocycles. The van der Waals surface area contributed by atoms with Crippen LogP contribution in [0.3, 0.4) is 0 Å². The third kappa shape index (κ3) is 6.79. The first kappa shape index (κ1) is 15.7. The maximum absolute atomic E-state index is 11.2. The van der Waals surface area contributed by atoms with E-state index >= 15 is 0 Å². The molecule has 0 fully saturated rings. The second-order valence-electron chi connectivity index (χ2n) is 3.86. The van der Waals surface area contributed by atoms with Crippen molar-refractivity contribution in [2.45, 2.75) is 40.2 Å². The molecule has 0 aromatic carbocycles. The number of halogens is 1. The van der Waals surface area contributed by atoms with Gasteiger partial charge in [-0.25, -0.2) is 9.78 Å². The van der Waals surface area contributed by atoms with Crippen molar-refractivity contribution in [3.05, 3.63) is 23.5 Å². The molecule has 0 aliphatic carbocycles. The van der Waals surface area contributed by atoms with Gasteiger partial charge in [0.15, 0.2) is 10.9 Å². The van der Waals surface area contributed by atoms with Crippen LogP contribution in [-0.4, -0.2) is 16.7 Å². The van der Waals surface area contributed by atoms with Crippen molar-refractivity contribution in [1.82, 2.24) is 4.98 Å². The number of rotatable bonds is 1. The monoisotopic (exact) mass is 259 g/mol. The van der Waals surface area contributed by atoms with E-state index < -0.39 is 11.8 Å². The standard InChI is InChI=1S/C10H12ClNO3.C2H6/c1-10(2,3)15-9(13)14-7-5-4-6-12-8(7)11;1-2/h4-6H,1-3H3;1-2H3. The van der Waals surface area contributed by atoms with E-state index in [2.05, 4.69) is 4.98 Å². The Hall–Kier alpha value is -1.29. The van der Waals surface area contributed by atoms with E-state index in [1.165, 1.54) is 6.20 Å². The molecule has 0 amide bonds. The lowest BCUT2D eigenvalue weighted by molar-refractivity contribution is 0.0205. The van der Waals surface area contributed by atoms with E-state index in [1.54, 1.807) is 32.9 Å². The normalized spacial score (nSPS) is 10.0. The molecule has 17 heavy (non-hydrogen) atoms. The summed E-state index contributed by atoms with van der Waals surface area (Å²) in [6.45, 7) is 9.25. The summed E-state index contributed by atoms with van der Waals surface area (Å²) in [6.07, 6.45) is 0.710. The zero-order valence-corrected chi connectivity index (χ0v) is 11.5. The summed E-state index contributed by atoms with van der Waals surface area (Å²) in [5.74, 6) is 0.188. The van der Waals surface area contributed by atoms with E-state index in [-0.39, 0.29) is 10.9 Å². The summed E-state index contributed by atoms with van der Waals surface area (Å²) in [5.41, 5.74) is -0.591.